The number of fused-ring (bicyclic) bond motifs is 1. The van der Waals surface area contributed by atoms with Crippen molar-refractivity contribution in [3.05, 3.63) is 36.3 Å². The summed E-state index contributed by atoms with van der Waals surface area (Å²) in [4.78, 5) is 28.0. The maximum Gasteiger partial charge on any atom is 0.259 e. The monoisotopic (exact) mass is 398 g/mol. The number of hydrogen-bond acceptors (Lipinski definition) is 6. The van der Waals surface area contributed by atoms with Gasteiger partial charge in [0.15, 0.2) is 21.0 Å². The Morgan fingerprint density at radius 2 is 2.15 bits per heavy atom. The average Bonchev–Trinajstić information content (AvgIpc) is 2.57. The molecule has 7 nitrogen and oxygen atoms in total. The van der Waals surface area contributed by atoms with E-state index in [1.165, 1.54) is 12.4 Å². The number of hydrogen-bond donors (Lipinski definition) is 0. The standard InChI is InChI=1S/C17H19ClN2O5S/c1-16(2,3)13(21)17(18)14(22)20-8-11(10-26(23,24)15(17)20)9-25-12-5-4-6-19-7-12/h4-8,15H,9-10H2,1-3H3/t15-,17-/m0/s1. The number of carbonyl (C=O) groups is 2. The summed E-state index contributed by atoms with van der Waals surface area (Å²) < 4.78 is 30.9. The van der Waals surface area contributed by atoms with Crippen LogP contribution in [0.3, 0.4) is 0 Å². The Bertz CT molecular complexity index is 891. The summed E-state index contributed by atoms with van der Waals surface area (Å²) in [7, 11) is -3.83. The van der Waals surface area contributed by atoms with Gasteiger partial charge in [0, 0.05) is 17.8 Å². The van der Waals surface area contributed by atoms with Crippen molar-refractivity contribution >= 4 is 33.1 Å². The van der Waals surface area contributed by atoms with E-state index in [0.717, 1.165) is 4.90 Å². The zero-order valence-electron chi connectivity index (χ0n) is 14.6. The minimum Gasteiger partial charge on any atom is -0.488 e. The molecule has 140 valence electrons. The molecule has 0 aromatic carbocycles. The molecule has 9 heteroatoms. The second kappa shape index (κ2) is 6.06. The summed E-state index contributed by atoms with van der Waals surface area (Å²) >= 11 is 6.28. The molecule has 3 heterocycles. The van der Waals surface area contributed by atoms with Crippen LogP contribution >= 0.6 is 11.6 Å². The Hall–Kier alpha value is -1.93. The number of carbonyl (C=O) groups excluding carboxylic acids is 2. The fourth-order valence-corrected chi connectivity index (χ4v) is 6.02. The number of β-lactam (4-membered cyclic amide) rings is 1. The lowest BCUT2D eigenvalue weighted by atomic mass is 9.78. The SMILES string of the molecule is CC(C)(C)C(=O)[C@]1(Cl)C(=O)N2C=C(COc3cccnc3)CS(=O)(=O)[C@H]21. The molecule has 0 spiro atoms. The maximum absolute atomic E-state index is 12.7. The second-order valence-electron chi connectivity index (χ2n) is 7.43. The van der Waals surface area contributed by atoms with Gasteiger partial charge in [0.25, 0.3) is 5.91 Å². The highest BCUT2D eigenvalue weighted by molar-refractivity contribution is 7.92. The van der Waals surface area contributed by atoms with E-state index in [1.807, 2.05) is 0 Å². The Morgan fingerprint density at radius 1 is 1.46 bits per heavy atom. The number of alkyl halides is 1. The summed E-state index contributed by atoms with van der Waals surface area (Å²) in [5.41, 5.74) is -0.535. The van der Waals surface area contributed by atoms with E-state index in [4.69, 9.17) is 16.3 Å². The van der Waals surface area contributed by atoms with Crippen LogP contribution in [0.1, 0.15) is 20.8 Å². The molecular weight excluding hydrogens is 380 g/mol. The normalized spacial score (nSPS) is 27.2. The zero-order valence-corrected chi connectivity index (χ0v) is 16.2. The van der Waals surface area contributed by atoms with Crippen LogP contribution in [0.25, 0.3) is 0 Å². The molecular formula is C17H19ClN2O5S. The maximum atomic E-state index is 12.7. The molecule has 0 unspecified atom stereocenters. The van der Waals surface area contributed by atoms with Crippen LogP contribution in [0.4, 0.5) is 0 Å². The number of ketones is 1. The molecule has 1 saturated heterocycles. The van der Waals surface area contributed by atoms with Crippen molar-refractivity contribution in [2.45, 2.75) is 31.0 Å². The van der Waals surface area contributed by atoms with Crippen molar-refractivity contribution in [3.8, 4) is 5.75 Å². The van der Waals surface area contributed by atoms with Crippen molar-refractivity contribution in [3.63, 3.8) is 0 Å². The fraction of sp³-hybridized carbons (Fsp3) is 0.471. The number of amides is 1. The van der Waals surface area contributed by atoms with E-state index in [9.17, 15) is 18.0 Å². The minimum absolute atomic E-state index is 0.00999. The molecule has 1 fully saturated rings. The highest BCUT2D eigenvalue weighted by Gasteiger charge is 2.71. The van der Waals surface area contributed by atoms with Gasteiger partial charge < -0.3 is 4.74 Å². The largest absolute Gasteiger partial charge is 0.488 e. The lowest BCUT2D eigenvalue weighted by molar-refractivity contribution is -0.152. The van der Waals surface area contributed by atoms with Gasteiger partial charge in [-0.25, -0.2) is 8.42 Å². The van der Waals surface area contributed by atoms with Gasteiger partial charge in [-0.1, -0.05) is 32.4 Å². The Labute approximate surface area is 156 Å². The number of ether oxygens (including phenoxy) is 1. The first-order chi connectivity index (χ1) is 12.0. The van der Waals surface area contributed by atoms with Crippen molar-refractivity contribution < 1.29 is 22.7 Å². The predicted octanol–water partition coefficient (Wildman–Crippen LogP) is 1.53. The summed E-state index contributed by atoms with van der Waals surface area (Å²) in [6.45, 7) is 4.81. The molecule has 0 saturated carbocycles. The molecule has 1 amide bonds. The van der Waals surface area contributed by atoms with Gasteiger partial charge in [-0.05, 0) is 17.7 Å². The molecule has 2 atom stereocenters. The molecule has 1 aromatic rings. The highest BCUT2D eigenvalue weighted by Crippen LogP contribution is 2.47. The van der Waals surface area contributed by atoms with E-state index in [0.29, 0.717) is 11.3 Å². The molecule has 2 aliphatic rings. The molecule has 2 aliphatic heterocycles. The van der Waals surface area contributed by atoms with Crippen LogP contribution in [-0.4, -0.2) is 52.6 Å². The van der Waals surface area contributed by atoms with E-state index >= 15 is 0 Å². The smallest absolute Gasteiger partial charge is 0.259 e. The van der Waals surface area contributed by atoms with Crippen LogP contribution in [0.5, 0.6) is 5.75 Å². The first-order valence-corrected chi connectivity index (χ1v) is 10.1. The van der Waals surface area contributed by atoms with Gasteiger partial charge in [0.1, 0.15) is 12.4 Å². The molecule has 3 rings (SSSR count). The van der Waals surface area contributed by atoms with E-state index in [2.05, 4.69) is 4.98 Å². The first kappa shape index (κ1) is 18.8. The molecule has 26 heavy (non-hydrogen) atoms. The zero-order chi connectivity index (χ0) is 19.3. The van der Waals surface area contributed by atoms with Gasteiger partial charge in [-0.15, -0.1) is 0 Å². The van der Waals surface area contributed by atoms with Gasteiger partial charge >= 0.3 is 0 Å². The second-order valence-corrected chi connectivity index (χ2v) is 10.1. The number of aromatic nitrogens is 1. The topological polar surface area (TPSA) is 93.6 Å². The third-order valence-corrected chi connectivity index (χ3v) is 6.96. The van der Waals surface area contributed by atoms with Crippen molar-refractivity contribution in [2.75, 3.05) is 12.4 Å². The van der Waals surface area contributed by atoms with Crippen LogP contribution in [-0.2, 0) is 19.4 Å². The third-order valence-electron chi connectivity index (χ3n) is 4.26. The number of pyridine rings is 1. The Balaban J connectivity index is 1.85. The molecule has 1 aromatic heterocycles. The average molecular weight is 399 g/mol. The Morgan fingerprint density at radius 3 is 2.73 bits per heavy atom. The van der Waals surface area contributed by atoms with Crippen molar-refractivity contribution in [2.24, 2.45) is 5.41 Å². The predicted molar refractivity (Wildman–Crippen MR) is 95.3 cm³/mol. The van der Waals surface area contributed by atoms with Crippen LogP contribution in [0.15, 0.2) is 36.3 Å². The number of sulfone groups is 1. The number of nitrogens with zero attached hydrogens (tertiary/aromatic N) is 2. The van der Waals surface area contributed by atoms with Crippen LogP contribution in [0, 0.1) is 5.41 Å². The number of Topliss-reactive ketones (excluding diaryl/α,β-unsaturated/α-hetero) is 1. The van der Waals surface area contributed by atoms with Gasteiger partial charge in [-0.3, -0.25) is 19.5 Å². The first-order valence-electron chi connectivity index (χ1n) is 7.98. The molecule has 0 N–H and O–H groups in total. The van der Waals surface area contributed by atoms with E-state index in [1.54, 1.807) is 39.1 Å². The van der Waals surface area contributed by atoms with Crippen molar-refractivity contribution in [1.29, 1.82) is 0 Å². The van der Waals surface area contributed by atoms with Gasteiger partial charge in [-0.2, -0.15) is 0 Å². The summed E-state index contributed by atoms with van der Waals surface area (Å²) in [5, 5.41) is -1.38. The minimum atomic E-state index is -3.83. The molecule has 0 radical (unpaired) electrons. The summed E-state index contributed by atoms with van der Waals surface area (Å²) in [6.07, 6.45) is 4.51. The lowest BCUT2D eigenvalue weighted by Crippen LogP contribution is -2.77. The highest BCUT2D eigenvalue weighted by atomic mass is 35.5. The molecule has 0 aliphatic carbocycles. The van der Waals surface area contributed by atoms with Gasteiger partial charge in [0.2, 0.25) is 4.87 Å². The Kier molecular flexibility index (Phi) is 4.39. The number of rotatable bonds is 4. The number of halogens is 1. The lowest BCUT2D eigenvalue weighted by Gasteiger charge is -2.52. The fourth-order valence-electron chi connectivity index (χ4n) is 3.09. The third kappa shape index (κ3) is 2.91. The van der Waals surface area contributed by atoms with E-state index < -0.39 is 37.2 Å². The van der Waals surface area contributed by atoms with Crippen LogP contribution < -0.4 is 4.74 Å². The van der Waals surface area contributed by atoms with Crippen LogP contribution in [0.2, 0.25) is 0 Å². The summed E-state index contributed by atoms with van der Waals surface area (Å²) in [5.74, 6) is -1.15. The van der Waals surface area contributed by atoms with Crippen molar-refractivity contribution in [1.82, 2.24) is 9.88 Å². The van der Waals surface area contributed by atoms with Gasteiger partial charge in [0.05, 0.1) is 11.9 Å². The quantitative estimate of drug-likeness (QED) is 0.434. The molecule has 0 bridgehead atoms. The van der Waals surface area contributed by atoms with E-state index in [-0.39, 0.29) is 12.4 Å². The summed E-state index contributed by atoms with van der Waals surface area (Å²) in [6, 6.07) is 3.38.